The van der Waals surface area contributed by atoms with Gasteiger partial charge in [0.1, 0.15) is 5.60 Å². The van der Waals surface area contributed by atoms with Gasteiger partial charge in [0.2, 0.25) is 0 Å². The maximum absolute atomic E-state index is 12.2. The predicted molar refractivity (Wildman–Crippen MR) is 83.0 cm³/mol. The van der Waals surface area contributed by atoms with Crippen molar-refractivity contribution < 1.29 is 19.1 Å². The first-order chi connectivity index (χ1) is 10.3. The molecule has 0 aliphatic carbocycles. The van der Waals surface area contributed by atoms with Crippen molar-refractivity contribution in [3.8, 4) is 0 Å². The Morgan fingerprint density at radius 3 is 2.32 bits per heavy atom. The van der Waals surface area contributed by atoms with Gasteiger partial charge in [-0.05, 0) is 56.9 Å². The van der Waals surface area contributed by atoms with E-state index in [-0.39, 0.29) is 12.1 Å². The Morgan fingerprint density at radius 1 is 1.09 bits per heavy atom. The summed E-state index contributed by atoms with van der Waals surface area (Å²) in [6, 6.07) is 5.58. The molecule has 0 unspecified atom stereocenters. The summed E-state index contributed by atoms with van der Waals surface area (Å²) in [6.45, 7) is 6.80. The quantitative estimate of drug-likeness (QED) is 0.749. The summed E-state index contributed by atoms with van der Waals surface area (Å²) in [7, 11) is 1.37. The summed E-state index contributed by atoms with van der Waals surface area (Å²) in [4.78, 5) is 25.5. The predicted octanol–water partition coefficient (Wildman–Crippen LogP) is 2.81. The standard InChI is InChI=1S/C17H23NO4/c1-17(2,3)22-16(20)18-9-7-12-5-6-14(15(19)21-4)11-13(12)8-10-18/h5-6,11H,7-10H2,1-4H3. The molecule has 1 aromatic carbocycles. The van der Waals surface area contributed by atoms with E-state index in [9.17, 15) is 9.59 Å². The van der Waals surface area contributed by atoms with Crippen molar-refractivity contribution in [3.05, 3.63) is 34.9 Å². The Labute approximate surface area is 131 Å². The van der Waals surface area contributed by atoms with Gasteiger partial charge in [-0.1, -0.05) is 6.07 Å². The van der Waals surface area contributed by atoms with Crippen LogP contribution in [-0.4, -0.2) is 42.8 Å². The smallest absolute Gasteiger partial charge is 0.410 e. The number of benzene rings is 1. The first-order valence-corrected chi connectivity index (χ1v) is 7.48. The zero-order valence-corrected chi connectivity index (χ0v) is 13.6. The van der Waals surface area contributed by atoms with Crippen LogP contribution in [0.4, 0.5) is 4.79 Å². The van der Waals surface area contributed by atoms with E-state index in [0.29, 0.717) is 25.1 Å². The third-order valence-electron chi connectivity index (χ3n) is 3.58. The van der Waals surface area contributed by atoms with Gasteiger partial charge in [0.25, 0.3) is 0 Å². The van der Waals surface area contributed by atoms with E-state index >= 15 is 0 Å². The topological polar surface area (TPSA) is 55.8 Å². The Bertz CT molecular complexity index is 575. The highest BCUT2D eigenvalue weighted by Crippen LogP contribution is 2.20. The van der Waals surface area contributed by atoms with Crippen LogP contribution in [0.3, 0.4) is 0 Å². The highest BCUT2D eigenvalue weighted by Gasteiger charge is 2.24. The van der Waals surface area contributed by atoms with E-state index in [1.165, 1.54) is 12.7 Å². The molecule has 1 amide bonds. The van der Waals surface area contributed by atoms with Gasteiger partial charge in [0.05, 0.1) is 12.7 Å². The fourth-order valence-electron chi connectivity index (χ4n) is 2.48. The lowest BCUT2D eigenvalue weighted by Gasteiger charge is -2.26. The molecule has 0 saturated heterocycles. The van der Waals surface area contributed by atoms with E-state index in [1.54, 1.807) is 11.0 Å². The number of nitrogens with zero attached hydrogens (tertiary/aromatic N) is 1. The molecule has 0 spiro atoms. The van der Waals surface area contributed by atoms with Crippen LogP contribution >= 0.6 is 0 Å². The number of amides is 1. The summed E-state index contributed by atoms with van der Waals surface area (Å²) in [6.07, 6.45) is 1.18. The number of hydrogen-bond donors (Lipinski definition) is 0. The number of hydrogen-bond acceptors (Lipinski definition) is 4. The lowest BCUT2D eigenvalue weighted by molar-refractivity contribution is 0.0258. The minimum atomic E-state index is -0.492. The molecule has 1 aliphatic heterocycles. The SMILES string of the molecule is COC(=O)c1ccc2c(c1)CCN(C(=O)OC(C)(C)C)CC2. The van der Waals surface area contributed by atoms with E-state index in [2.05, 4.69) is 0 Å². The molecule has 0 bridgehead atoms. The van der Waals surface area contributed by atoms with Gasteiger partial charge in [-0.15, -0.1) is 0 Å². The molecule has 1 aromatic rings. The fourth-order valence-corrected chi connectivity index (χ4v) is 2.48. The van der Waals surface area contributed by atoms with Crippen molar-refractivity contribution in [1.82, 2.24) is 4.90 Å². The second-order valence-corrected chi connectivity index (χ2v) is 6.44. The third kappa shape index (κ3) is 4.00. The molecule has 1 aliphatic rings. The van der Waals surface area contributed by atoms with E-state index < -0.39 is 5.60 Å². The van der Waals surface area contributed by atoms with Gasteiger partial charge < -0.3 is 14.4 Å². The lowest BCUT2D eigenvalue weighted by atomic mass is 10.0. The second-order valence-electron chi connectivity index (χ2n) is 6.44. The molecule has 0 atom stereocenters. The number of ether oxygens (including phenoxy) is 2. The fraction of sp³-hybridized carbons (Fsp3) is 0.529. The maximum atomic E-state index is 12.2. The third-order valence-corrected chi connectivity index (χ3v) is 3.58. The Balaban J connectivity index is 2.10. The second kappa shape index (κ2) is 6.38. The molecule has 0 radical (unpaired) electrons. The highest BCUT2D eigenvalue weighted by molar-refractivity contribution is 5.89. The van der Waals surface area contributed by atoms with Crippen molar-refractivity contribution in [2.24, 2.45) is 0 Å². The number of fused-ring (bicyclic) bond motifs is 1. The number of carbonyl (C=O) groups is 2. The van der Waals surface area contributed by atoms with Crippen molar-refractivity contribution in [2.45, 2.75) is 39.2 Å². The molecule has 5 heteroatoms. The molecule has 5 nitrogen and oxygen atoms in total. The summed E-state index contributed by atoms with van der Waals surface area (Å²) in [5, 5.41) is 0. The number of rotatable bonds is 1. The van der Waals surface area contributed by atoms with E-state index in [0.717, 1.165) is 12.0 Å². The molecule has 1 heterocycles. The van der Waals surface area contributed by atoms with Gasteiger partial charge in [-0.3, -0.25) is 0 Å². The average molecular weight is 305 g/mol. The van der Waals surface area contributed by atoms with E-state index in [4.69, 9.17) is 9.47 Å². The molecule has 0 fully saturated rings. The normalized spacial score (nSPS) is 14.8. The maximum Gasteiger partial charge on any atom is 0.410 e. The highest BCUT2D eigenvalue weighted by atomic mass is 16.6. The first kappa shape index (κ1) is 16.3. The lowest BCUT2D eigenvalue weighted by Crippen LogP contribution is -2.38. The molecule has 0 aromatic heterocycles. The summed E-state index contributed by atoms with van der Waals surface area (Å²) >= 11 is 0. The summed E-state index contributed by atoms with van der Waals surface area (Å²) in [5.41, 5.74) is 2.31. The van der Waals surface area contributed by atoms with Gasteiger partial charge in [-0.2, -0.15) is 0 Å². The molecule has 0 saturated carbocycles. The van der Waals surface area contributed by atoms with Crippen molar-refractivity contribution in [1.29, 1.82) is 0 Å². The Kier molecular flexibility index (Phi) is 4.74. The molecule has 0 N–H and O–H groups in total. The first-order valence-electron chi connectivity index (χ1n) is 7.48. The van der Waals surface area contributed by atoms with Crippen molar-refractivity contribution >= 4 is 12.1 Å². The van der Waals surface area contributed by atoms with Crippen LogP contribution in [0.15, 0.2) is 18.2 Å². The van der Waals surface area contributed by atoms with Crippen LogP contribution in [0.1, 0.15) is 42.3 Å². The summed E-state index contributed by atoms with van der Waals surface area (Å²) in [5.74, 6) is -0.337. The molecule has 2 rings (SSSR count). The van der Waals surface area contributed by atoms with Gasteiger partial charge in [0.15, 0.2) is 0 Å². The van der Waals surface area contributed by atoms with Crippen LogP contribution in [0.25, 0.3) is 0 Å². The summed E-state index contributed by atoms with van der Waals surface area (Å²) < 4.78 is 10.2. The van der Waals surface area contributed by atoms with Gasteiger partial charge in [0, 0.05) is 13.1 Å². The monoisotopic (exact) mass is 305 g/mol. The minimum Gasteiger partial charge on any atom is -0.465 e. The number of esters is 1. The van der Waals surface area contributed by atoms with Crippen LogP contribution in [-0.2, 0) is 22.3 Å². The number of carbonyl (C=O) groups excluding carboxylic acids is 2. The zero-order valence-electron chi connectivity index (χ0n) is 13.6. The Hall–Kier alpha value is -2.04. The minimum absolute atomic E-state index is 0.284. The largest absolute Gasteiger partial charge is 0.465 e. The molecule has 22 heavy (non-hydrogen) atoms. The number of methoxy groups -OCH3 is 1. The van der Waals surface area contributed by atoms with Crippen LogP contribution in [0.2, 0.25) is 0 Å². The van der Waals surface area contributed by atoms with E-state index in [1.807, 2.05) is 32.9 Å². The zero-order chi connectivity index (χ0) is 16.3. The molecular weight excluding hydrogens is 282 g/mol. The van der Waals surface area contributed by atoms with Crippen LogP contribution in [0, 0.1) is 0 Å². The Morgan fingerprint density at radius 2 is 1.73 bits per heavy atom. The average Bonchev–Trinajstić information content (AvgIpc) is 2.66. The molecular formula is C17H23NO4. The van der Waals surface area contributed by atoms with Gasteiger partial charge in [-0.25, -0.2) is 9.59 Å². The van der Waals surface area contributed by atoms with Crippen LogP contribution in [0.5, 0.6) is 0 Å². The van der Waals surface area contributed by atoms with Gasteiger partial charge >= 0.3 is 12.1 Å². The van der Waals surface area contributed by atoms with Crippen molar-refractivity contribution in [3.63, 3.8) is 0 Å². The van der Waals surface area contributed by atoms with Crippen molar-refractivity contribution in [2.75, 3.05) is 20.2 Å². The van der Waals surface area contributed by atoms with Crippen LogP contribution < -0.4 is 0 Å². The molecule has 120 valence electrons.